The van der Waals surface area contributed by atoms with Crippen molar-refractivity contribution >= 4 is 0 Å². The summed E-state index contributed by atoms with van der Waals surface area (Å²) in [4.78, 5) is 5.61. The highest BCUT2D eigenvalue weighted by Crippen LogP contribution is 2.15. The summed E-state index contributed by atoms with van der Waals surface area (Å²) in [6.07, 6.45) is 16.5. The molecule has 4 saturated heterocycles. The van der Waals surface area contributed by atoms with Crippen molar-refractivity contribution in [1.82, 2.24) is 31.1 Å². The summed E-state index contributed by atoms with van der Waals surface area (Å²) in [6, 6.07) is 2.78. The second-order valence-corrected chi connectivity index (χ2v) is 11.1. The van der Waals surface area contributed by atoms with Gasteiger partial charge in [-0.2, -0.15) is 0 Å². The second kappa shape index (κ2) is 14.2. The number of nitrogens with one attached hydrogen (secondary N) is 4. The van der Waals surface area contributed by atoms with Crippen LogP contribution in [0.1, 0.15) is 77.0 Å². The molecule has 0 aromatic heterocycles. The zero-order chi connectivity index (χ0) is 21.8. The fourth-order valence-corrected chi connectivity index (χ4v) is 6.36. The van der Waals surface area contributed by atoms with Crippen molar-refractivity contribution in [2.24, 2.45) is 0 Å². The first-order valence-electron chi connectivity index (χ1n) is 14.2. The molecule has 6 heteroatoms. The normalized spacial score (nSPS) is 32.4. The Morgan fingerprint density at radius 2 is 0.688 bits per heavy atom. The maximum absolute atomic E-state index is 3.81. The van der Waals surface area contributed by atoms with Crippen molar-refractivity contribution in [3.63, 3.8) is 0 Å². The maximum Gasteiger partial charge on any atom is 0.0195 e. The Balaban J connectivity index is 1.32. The average molecular weight is 449 g/mol. The second-order valence-electron chi connectivity index (χ2n) is 11.1. The van der Waals surface area contributed by atoms with Crippen LogP contribution in [0.15, 0.2) is 0 Å². The molecule has 0 aromatic carbocycles. The molecule has 4 aliphatic rings. The van der Waals surface area contributed by atoms with Gasteiger partial charge in [0.05, 0.1) is 0 Å². The molecule has 0 aromatic rings. The number of hydrogen-bond acceptors (Lipinski definition) is 6. The van der Waals surface area contributed by atoms with Crippen molar-refractivity contribution in [3.8, 4) is 0 Å². The highest BCUT2D eigenvalue weighted by Gasteiger charge is 2.24. The largest absolute Gasteiger partial charge is 0.313 e. The minimum atomic E-state index is 0.695. The Labute approximate surface area is 198 Å². The van der Waals surface area contributed by atoms with Crippen LogP contribution in [0.5, 0.6) is 0 Å². The highest BCUT2D eigenvalue weighted by atomic mass is 15.2. The Bertz CT molecular complexity index is 395. The summed E-state index contributed by atoms with van der Waals surface area (Å²) in [5, 5.41) is 15.2. The zero-order valence-corrected chi connectivity index (χ0v) is 20.8. The standard InChI is InChI=1S/C26H52N6/c1-5-13-27-23(9-1)19-31(20-24-10-2-6-14-28-24)17-18-32(21-25-11-3-7-15-29-25)22-26-12-4-8-16-30-26/h23-30H,1-22H2. The van der Waals surface area contributed by atoms with E-state index in [9.17, 15) is 0 Å². The monoisotopic (exact) mass is 448 g/mol. The van der Waals surface area contributed by atoms with Crippen molar-refractivity contribution in [3.05, 3.63) is 0 Å². The summed E-state index contributed by atoms with van der Waals surface area (Å²) in [5.74, 6) is 0. The van der Waals surface area contributed by atoms with E-state index in [4.69, 9.17) is 0 Å². The first-order chi connectivity index (χ1) is 15.8. The van der Waals surface area contributed by atoms with Crippen LogP contribution in [0.2, 0.25) is 0 Å². The number of piperidine rings is 4. The molecule has 0 spiro atoms. The lowest BCUT2D eigenvalue weighted by molar-refractivity contribution is 0.142. The van der Waals surface area contributed by atoms with E-state index in [0.717, 1.165) is 0 Å². The van der Waals surface area contributed by atoms with Crippen molar-refractivity contribution in [2.45, 2.75) is 101 Å². The zero-order valence-electron chi connectivity index (χ0n) is 20.8. The third-order valence-corrected chi connectivity index (χ3v) is 8.30. The van der Waals surface area contributed by atoms with Crippen LogP contribution in [0.3, 0.4) is 0 Å². The molecular weight excluding hydrogens is 396 g/mol. The SMILES string of the molecule is C1CCC(CN(CCN(CC2CCCCN2)CC2CCCCN2)CC2CCCCN2)NC1. The molecule has 4 fully saturated rings. The fourth-order valence-electron chi connectivity index (χ4n) is 6.36. The van der Waals surface area contributed by atoms with E-state index in [1.165, 1.54) is 142 Å². The predicted molar refractivity (Wildman–Crippen MR) is 135 cm³/mol. The van der Waals surface area contributed by atoms with Crippen molar-refractivity contribution in [1.29, 1.82) is 0 Å². The fraction of sp³-hybridized carbons (Fsp3) is 1.00. The third-order valence-electron chi connectivity index (χ3n) is 8.30. The van der Waals surface area contributed by atoms with Crippen LogP contribution < -0.4 is 21.3 Å². The predicted octanol–water partition coefficient (Wildman–Crippen LogP) is 2.16. The molecule has 0 radical (unpaired) electrons. The van der Waals surface area contributed by atoms with Gasteiger partial charge < -0.3 is 21.3 Å². The molecule has 4 heterocycles. The van der Waals surface area contributed by atoms with Gasteiger partial charge in [-0.1, -0.05) is 25.7 Å². The van der Waals surface area contributed by atoms with Gasteiger partial charge in [0, 0.05) is 63.4 Å². The summed E-state index contributed by atoms with van der Waals surface area (Å²) in [7, 11) is 0. The van der Waals surface area contributed by atoms with E-state index in [0.29, 0.717) is 24.2 Å². The van der Waals surface area contributed by atoms with Gasteiger partial charge in [0.25, 0.3) is 0 Å². The molecule has 0 aliphatic carbocycles. The van der Waals surface area contributed by atoms with Crippen LogP contribution in [0, 0.1) is 0 Å². The van der Waals surface area contributed by atoms with Crippen molar-refractivity contribution in [2.75, 3.05) is 65.4 Å². The summed E-state index contributed by atoms with van der Waals surface area (Å²) in [5.41, 5.74) is 0. The minimum absolute atomic E-state index is 0.695. The topological polar surface area (TPSA) is 54.6 Å². The Morgan fingerprint density at radius 3 is 0.906 bits per heavy atom. The van der Waals surface area contributed by atoms with Gasteiger partial charge in [-0.05, 0) is 77.5 Å². The molecule has 4 aliphatic heterocycles. The molecular formula is C26H52N6. The van der Waals surface area contributed by atoms with Gasteiger partial charge in [-0.25, -0.2) is 0 Å². The maximum atomic E-state index is 3.81. The number of rotatable bonds is 11. The Morgan fingerprint density at radius 1 is 0.406 bits per heavy atom. The summed E-state index contributed by atoms with van der Waals surface area (Å²) >= 11 is 0. The molecule has 4 unspecified atom stereocenters. The average Bonchev–Trinajstić information content (AvgIpc) is 2.85. The quantitative estimate of drug-likeness (QED) is 0.389. The van der Waals surface area contributed by atoms with Crippen molar-refractivity contribution < 1.29 is 0 Å². The first-order valence-corrected chi connectivity index (χ1v) is 14.2. The lowest BCUT2D eigenvalue weighted by Crippen LogP contribution is -2.53. The molecule has 0 bridgehead atoms. The van der Waals surface area contributed by atoms with E-state index in [1.54, 1.807) is 0 Å². The Hall–Kier alpha value is -0.240. The molecule has 0 saturated carbocycles. The molecule has 186 valence electrons. The van der Waals surface area contributed by atoms with Crippen LogP contribution in [-0.4, -0.2) is 99.4 Å². The molecule has 6 nitrogen and oxygen atoms in total. The van der Waals surface area contributed by atoms with Gasteiger partial charge in [0.15, 0.2) is 0 Å². The summed E-state index contributed by atoms with van der Waals surface area (Å²) in [6.45, 7) is 12.2. The molecule has 4 atom stereocenters. The third kappa shape index (κ3) is 8.84. The van der Waals surface area contributed by atoms with Crippen LogP contribution in [0.25, 0.3) is 0 Å². The van der Waals surface area contributed by atoms with E-state index in [2.05, 4.69) is 31.1 Å². The molecule has 4 N–H and O–H groups in total. The highest BCUT2D eigenvalue weighted by molar-refractivity contribution is 4.84. The van der Waals surface area contributed by atoms with Crippen LogP contribution in [0.4, 0.5) is 0 Å². The van der Waals surface area contributed by atoms with Crippen LogP contribution in [-0.2, 0) is 0 Å². The van der Waals surface area contributed by atoms with E-state index in [1.807, 2.05) is 0 Å². The lowest BCUT2D eigenvalue weighted by Gasteiger charge is -2.38. The van der Waals surface area contributed by atoms with Crippen LogP contribution >= 0.6 is 0 Å². The van der Waals surface area contributed by atoms with Gasteiger partial charge in [0.1, 0.15) is 0 Å². The minimum Gasteiger partial charge on any atom is -0.313 e. The van der Waals surface area contributed by atoms with Gasteiger partial charge in [0.2, 0.25) is 0 Å². The van der Waals surface area contributed by atoms with E-state index < -0.39 is 0 Å². The Kier molecular flexibility index (Phi) is 11.1. The molecule has 4 rings (SSSR count). The summed E-state index contributed by atoms with van der Waals surface area (Å²) < 4.78 is 0. The van der Waals surface area contributed by atoms with E-state index >= 15 is 0 Å². The number of nitrogens with zero attached hydrogens (tertiary/aromatic N) is 2. The molecule has 0 amide bonds. The van der Waals surface area contributed by atoms with Gasteiger partial charge >= 0.3 is 0 Å². The van der Waals surface area contributed by atoms with Gasteiger partial charge in [-0.3, -0.25) is 9.80 Å². The smallest absolute Gasteiger partial charge is 0.0195 e. The lowest BCUT2D eigenvalue weighted by atomic mass is 10.0. The first kappa shape index (κ1) is 24.9. The van der Waals surface area contributed by atoms with E-state index in [-0.39, 0.29) is 0 Å². The van der Waals surface area contributed by atoms with Gasteiger partial charge in [-0.15, -0.1) is 0 Å². The number of hydrogen-bond donors (Lipinski definition) is 4. The molecule has 32 heavy (non-hydrogen) atoms.